The lowest BCUT2D eigenvalue weighted by molar-refractivity contribution is -0.132. The normalized spacial score (nSPS) is 10.6. The van der Waals surface area contributed by atoms with Crippen molar-refractivity contribution in [2.45, 2.75) is 27.7 Å². The van der Waals surface area contributed by atoms with Crippen LogP contribution >= 0.6 is 0 Å². The Labute approximate surface area is 295 Å². The third-order valence-corrected chi connectivity index (χ3v) is 7.11. The van der Waals surface area contributed by atoms with Crippen molar-refractivity contribution in [3.63, 3.8) is 0 Å². The molecular weight excluding hydrogens is 651 g/mol. The van der Waals surface area contributed by atoms with Gasteiger partial charge in [0.25, 0.3) is 0 Å². The number of ether oxygens (including phenoxy) is 4. The van der Waals surface area contributed by atoms with E-state index in [-0.39, 0.29) is 50.9 Å². The van der Waals surface area contributed by atoms with Crippen LogP contribution in [0, 0.1) is 5.82 Å². The van der Waals surface area contributed by atoms with Crippen LogP contribution in [0.15, 0.2) is 127 Å². The first-order valence-electron chi connectivity index (χ1n) is 15.5. The summed E-state index contributed by atoms with van der Waals surface area (Å²) in [5.41, 5.74) is 4.16. The van der Waals surface area contributed by atoms with Gasteiger partial charge in [-0.2, -0.15) is 0 Å². The van der Waals surface area contributed by atoms with Gasteiger partial charge in [-0.3, -0.25) is 0 Å². The standard InChI is InChI=1S/C42H35FO8/c1-24(2)39(44)48-35-19-16-31(22-37(35)50-41(46)26(5)6)30-14-11-28(12-15-30)9-10-29-13-18-33(34(43)21-29)32-17-20-36(49-40(45)25(3)4)38(23-32)51-42(47)27(7)8/h9-23H,1,3,5,7H2,2,4,6,8H3/b10-9+. The number of hydrogen-bond acceptors (Lipinski definition) is 8. The van der Waals surface area contributed by atoms with Crippen LogP contribution in [0.25, 0.3) is 34.4 Å². The Morgan fingerprint density at radius 1 is 0.471 bits per heavy atom. The molecule has 0 aromatic heterocycles. The van der Waals surface area contributed by atoms with Gasteiger partial charge in [0.1, 0.15) is 5.82 Å². The van der Waals surface area contributed by atoms with Gasteiger partial charge >= 0.3 is 23.9 Å². The molecule has 258 valence electrons. The van der Waals surface area contributed by atoms with Gasteiger partial charge in [0.15, 0.2) is 23.0 Å². The Morgan fingerprint density at radius 2 is 0.843 bits per heavy atom. The molecule has 0 atom stereocenters. The summed E-state index contributed by atoms with van der Waals surface area (Å²) in [6.07, 6.45) is 3.57. The number of carbonyl (C=O) groups excluding carboxylic acids is 4. The molecule has 0 aliphatic heterocycles. The predicted molar refractivity (Wildman–Crippen MR) is 194 cm³/mol. The van der Waals surface area contributed by atoms with Crippen molar-refractivity contribution < 1.29 is 42.5 Å². The summed E-state index contributed by atoms with van der Waals surface area (Å²) < 4.78 is 36.9. The molecule has 0 fully saturated rings. The molecule has 4 aromatic rings. The average Bonchev–Trinajstić information content (AvgIpc) is 3.08. The lowest BCUT2D eigenvalue weighted by Gasteiger charge is -2.13. The summed E-state index contributed by atoms with van der Waals surface area (Å²) in [5, 5.41) is 0. The molecule has 0 spiro atoms. The van der Waals surface area contributed by atoms with Crippen LogP contribution in [0.3, 0.4) is 0 Å². The highest BCUT2D eigenvalue weighted by Crippen LogP contribution is 2.36. The van der Waals surface area contributed by atoms with Gasteiger partial charge < -0.3 is 18.9 Å². The van der Waals surface area contributed by atoms with Gasteiger partial charge in [-0.15, -0.1) is 0 Å². The van der Waals surface area contributed by atoms with Gasteiger partial charge in [-0.25, -0.2) is 23.6 Å². The van der Waals surface area contributed by atoms with Gasteiger partial charge in [0.05, 0.1) is 0 Å². The van der Waals surface area contributed by atoms with Crippen molar-refractivity contribution >= 4 is 36.0 Å². The van der Waals surface area contributed by atoms with Crippen LogP contribution < -0.4 is 18.9 Å². The SMILES string of the molecule is C=C(C)C(=O)Oc1ccc(-c2ccc(/C=C/c3ccc(-c4ccc(OC(=O)C(=C)C)c(OC(=O)C(=C)C)c4)c(F)c3)cc2)cc1OC(=O)C(=C)C. The minimum Gasteiger partial charge on any atom is -0.419 e. The molecule has 0 amide bonds. The topological polar surface area (TPSA) is 105 Å². The number of rotatable bonds is 12. The molecule has 0 radical (unpaired) electrons. The quantitative estimate of drug-likeness (QED) is 0.0629. The van der Waals surface area contributed by atoms with E-state index in [0.717, 1.165) is 11.1 Å². The van der Waals surface area contributed by atoms with E-state index in [4.69, 9.17) is 18.9 Å². The highest BCUT2D eigenvalue weighted by atomic mass is 19.1. The molecule has 0 unspecified atom stereocenters. The molecule has 0 N–H and O–H groups in total. The third kappa shape index (κ3) is 9.73. The summed E-state index contributed by atoms with van der Waals surface area (Å²) >= 11 is 0. The highest BCUT2D eigenvalue weighted by Gasteiger charge is 2.18. The summed E-state index contributed by atoms with van der Waals surface area (Å²) in [6, 6.07) is 21.3. The van der Waals surface area contributed by atoms with Gasteiger partial charge in [0, 0.05) is 27.9 Å². The first-order chi connectivity index (χ1) is 24.1. The molecule has 0 aliphatic rings. The summed E-state index contributed by atoms with van der Waals surface area (Å²) in [7, 11) is 0. The van der Waals surface area contributed by atoms with Gasteiger partial charge in [-0.05, 0) is 85.8 Å². The largest absolute Gasteiger partial charge is 0.419 e. The van der Waals surface area contributed by atoms with Crippen molar-refractivity contribution in [1.82, 2.24) is 0 Å². The maximum Gasteiger partial charge on any atom is 0.338 e. The maximum absolute atomic E-state index is 15.4. The van der Waals surface area contributed by atoms with E-state index < -0.39 is 29.7 Å². The zero-order valence-electron chi connectivity index (χ0n) is 28.6. The lowest BCUT2D eigenvalue weighted by atomic mass is 10.0. The molecule has 0 saturated heterocycles. The number of halogens is 1. The van der Waals surface area contributed by atoms with Crippen molar-refractivity contribution in [2.75, 3.05) is 0 Å². The van der Waals surface area contributed by atoms with Crippen LogP contribution in [0.2, 0.25) is 0 Å². The molecule has 8 nitrogen and oxygen atoms in total. The van der Waals surface area contributed by atoms with E-state index in [2.05, 4.69) is 26.3 Å². The van der Waals surface area contributed by atoms with Crippen LogP contribution in [-0.4, -0.2) is 23.9 Å². The first-order valence-corrected chi connectivity index (χ1v) is 15.5. The highest BCUT2D eigenvalue weighted by molar-refractivity contribution is 5.92. The molecule has 0 saturated carbocycles. The number of esters is 4. The van der Waals surface area contributed by atoms with E-state index >= 15 is 4.39 Å². The molecule has 0 aliphatic carbocycles. The number of carbonyl (C=O) groups is 4. The monoisotopic (exact) mass is 686 g/mol. The summed E-state index contributed by atoms with van der Waals surface area (Å²) in [4.78, 5) is 48.8. The lowest BCUT2D eigenvalue weighted by Crippen LogP contribution is -2.12. The van der Waals surface area contributed by atoms with E-state index in [1.165, 1.54) is 52.0 Å². The van der Waals surface area contributed by atoms with Crippen molar-refractivity contribution in [3.8, 4) is 45.3 Å². The number of hydrogen-bond donors (Lipinski definition) is 0. The molecule has 9 heteroatoms. The minimum absolute atomic E-state index is 0.0277. The molecule has 4 aromatic carbocycles. The molecular formula is C42H35FO8. The Morgan fingerprint density at radius 3 is 1.29 bits per heavy atom. The van der Waals surface area contributed by atoms with E-state index in [1.54, 1.807) is 36.4 Å². The second-order valence-electron chi connectivity index (χ2n) is 11.7. The van der Waals surface area contributed by atoms with Crippen LogP contribution in [0.1, 0.15) is 38.8 Å². The second-order valence-corrected chi connectivity index (χ2v) is 11.7. The van der Waals surface area contributed by atoms with Crippen LogP contribution in [-0.2, 0) is 19.2 Å². The Bertz CT molecular complexity index is 2140. The van der Waals surface area contributed by atoms with Crippen molar-refractivity contribution in [2.24, 2.45) is 0 Å². The Balaban J connectivity index is 1.55. The fraction of sp³-hybridized carbons (Fsp3) is 0.0952. The van der Waals surface area contributed by atoms with E-state index in [1.807, 2.05) is 30.3 Å². The fourth-order valence-electron chi connectivity index (χ4n) is 4.29. The van der Waals surface area contributed by atoms with Gasteiger partial charge in [-0.1, -0.05) is 87.0 Å². The second kappa shape index (κ2) is 16.2. The van der Waals surface area contributed by atoms with E-state index in [9.17, 15) is 19.2 Å². The molecule has 0 bridgehead atoms. The smallest absolute Gasteiger partial charge is 0.338 e. The average molecular weight is 687 g/mol. The zero-order chi connectivity index (χ0) is 37.4. The fourth-order valence-corrected chi connectivity index (χ4v) is 4.29. The maximum atomic E-state index is 15.4. The third-order valence-electron chi connectivity index (χ3n) is 7.11. The van der Waals surface area contributed by atoms with Crippen molar-refractivity contribution in [3.05, 3.63) is 144 Å². The molecule has 4 rings (SSSR count). The van der Waals surface area contributed by atoms with Gasteiger partial charge in [0.2, 0.25) is 0 Å². The van der Waals surface area contributed by atoms with Crippen molar-refractivity contribution in [1.29, 1.82) is 0 Å². The first kappa shape index (κ1) is 37.2. The molecule has 0 heterocycles. The zero-order valence-corrected chi connectivity index (χ0v) is 28.6. The minimum atomic E-state index is -0.734. The van der Waals surface area contributed by atoms with Crippen LogP contribution in [0.5, 0.6) is 23.0 Å². The summed E-state index contributed by atoms with van der Waals surface area (Å²) in [5.74, 6) is -3.29. The molecule has 51 heavy (non-hydrogen) atoms. The Hall–Kier alpha value is -6.61. The predicted octanol–water partition coefficient (Wildman–Crippen LogP) is 9.26. The summed E-state index contributed by atoms with van der Waals surface area (Å²) in [6.45, 7) is 20.3. The Kier molecular flexibility index (Phi) is 11.8. The van der Waals surface area contributed by atoms with Crippen LogP contribution in [0.4, 0.5) is 4.39 Å². The van der Waals surface area contributed by atoms with E-state index in [0.29, 0.717) is 16.7 Å². The number of benzene rings is 4.